The Bertz CT molecular complexity index is 1400. The van der Waals surface area contributed by atoms with Crippen molar-refractivity contribution in [3.05, 3.63) is 63.5 Å². The summed E-state index contributed by atoms with van der Waals surface area (Å²) in [5, 5.41) is 4.32. The quantitative estimate of drug-likeness (QED) is 0.520. The molecule has 0 saturated carbocycles. The fourth-order valence-corrected chi connectivity index (χ4v) is 6.28. The molecule has 2 aliphatic rings. The number of aryl methyl sites for hydroxylation is 2. The number of sulfonamides is 1. The van der Waals surface area contributed by atoms with E-state index in [0.29, 0.717) is 38.4 Å². The molecule has 0 unspecified atom stereocenters. The predicted octanol–water partition coefficient (Wildman–Crippen LogP) is 3.64. The van der Waals surface area contributed by atoms with Gasteiger partial charge in [0.05, 0.1) is 29.5 Å². The second-order valence-corrected chi connectivity index (χ2v) is 11.2. The third-order valence-electron chi connectivity index (χ3n) is 7.01. The molecule has 1 aromatic heterocycles. The van der Waals surface area contributed by atoms with Gasteiger partial charge in [-0.05, 0) is 61.6 Å². The van der Waals surface area contributed by atoms with Crippen LogP contribution in [-0.2, 0) is 21.3 Å². The Hall–Kier alpha value is -2.88. The third-order valence-corrected chi connectivity index (χ3v) is 8.90. The summed E-state index contributed by atoms with van der Waals surface area (Å²) in [4.78, 5) is 14.9. The Morgan fingerprint density at radius 1 is 0.971 bits per heavy atom. The molecule has 2 aliphatic heterocycles. The van der Waals surface area contributed by atoms with E-state index in [1.807, 2.05) is 32.0 Å². The molecule has 3 heterocycles. The van der Waals surface area contributed by atoms with E-state index in [4.69, 9.17) is 9.15 Å². The summed E-state index contributed by atoms with van der Waals surface area (Å²) in [5.41, 5.74) is 4.73. The molecule has 1 N–H and O–H groups in total. The molecule has 9 heteroatoms. The minimum absolute atomic E-state index is 0.258. The molecule has 2 aromatic carbocycles. The maximum atomic E-state index is 13.3. The number of hydrogen-bond donors (Lipinski definition) is 1. The largest absolute Gasteiger partial charge is 0.422 e. The zero-order valence-corrected chi connectivity index (χ0v) is 21.0. The molecule has 8 nitrogen and oxygen atoms in total. The predicted molar refractivity (Wildman–Crippen MR) is 137 cm³/mol. The Balaban J connectivity index is 1.51. The summed E-state index contributed by atoms with van der Waals surface area (Å²) in [5.74, 6) is 0. The molecule has 3 aromatic rings. The lowest BCUT2D eigenvalue weighted by molar-refractivity contribution is 0.0730. The van der Waals surface area contributed by atoms with E-state index in [-0.39, 0.29) is 4.90 Å². The Morgan fingerprint density at radius 3 is 2.46 bits per heavy atom. The normalized spacial score (nSPS) is 17.3. The van der Waals surface area contributed by atoms with Crippen molar-refractivity contribution in [3.63, 3.8) is 0 Å². The van der Waals surface area contributed by atoms with E-state index < -0.39 is 15.6 Å². The van der Waals surface area contributed by atoms with Gasteiger partial charge in [0.1, 0.15) is 5.58 Å². The molecule has 0 atom stereocenters. The number of benzene rings is 2. The first-order valence-corrected chi connectivity index (χ1v) is 13.5. The number of anilines is 2. The molecule has 2 fully saturated rings. The summed E-state index contributed by atoms with van der Waals surface area (Å²) in [7, 11) is -3.63. The maximum absolute atomic E-state index is 13.3. The van der Waals surface area contributed by atoms with Gasteiger partial charge in [0.2, 0.25) is 10.0 Å². The van der Waals surface area contributed by atoms with Crippen molar-refractivity contribution >= 4 is 32.4 Å². The minimum atomic E-state index is -3.63. The minimum Gasteiger partial charge on any atom is -0.422 e. The molecule has 0 radical (unpaired) electrons. The summed E-state index contributed by atoms with van der Waals surface area (Å²) >= 11 is 0. The van der Waals surface area contributed by atoms with Gasteiger partial charge in [-0.25, -0.2) is 13.2 Å². The molecule has 2 saturated heterocycles. The highest BCUT2D eigenvalue weighted by molar-refractivity contribution is 7.89. The van der Waals surface area contributed by atoms with E-state index in [9.17, 15) is 13.2 Å². The number of hydrogen-bond acceptors (Lipinski definition) is 7. The summed E-state index contributed by atoms with van der Waals surface area (Å²) < 4.78 is 38.9. The van der Waals surface area contributed by atoms with Crippen LogP contribution < -0.4 is 15.8 Å². The highest BCUT2D eigenvalue weighted by Crippen LogP contribution is 2.33. The highest BCUT2D eigenvalue weighted by atomic mass is 32.2. The average Bonchev–Trinajstić information content (AvgIpc) is 3.40. The lowest BCUT2D eigenvalue weighted by atomic mass is 10.0. The zero-order valence-electron chi connectivity index (χ0n) is 20.2. The van der Waals surface area contributed by atoms with Gasteiger partial charge >= 0.3 is 5.63 Å². The zero-order chi connectivity index (χ0) is 24.6. The molecule has 0 amide bonds. The van der Waals surface area contributed by atoms with E-state index >= 15 is 0 Å². The van der Waals surface area contributed by atoms with Gasteiger partial charge in [0.15, 0.2) is 0 Å². The Kier molecular flexibility index (Phi) is 6.57. The first kappa shape index (κ1) is 23.8. The van der Waals surface area contributed by atoms with Crippen LogP contribution in [0.4, 0.5) is 11.4 Å². The second kappa shape index (κ2) is 9.64. The molecule has 0 bridgehead atoms. The lowest BCUT2D eigenvalue weighted by Crippen LogP contribution is -2.40. The number of ether oxygens (including phenoxy) is 1. The number of nitrogens with one attached hydrogen (secondary N) is 1. The van der Waals surface area contributed by atoms with E-state index in [0.717, 1.165) is 59.4 Å². The first-order valence-electron chi connectivity index (χ1n) is 12.1. The van der Waals surface area contributed by atoms with Gasteiger partial charge in [0, 0.05) is 44.2 Å². The van der Waals surface area contributed by atoms with Gasteiger partial charge in [-0.2, -0.15) is 4.31 Å². The topological polar surface area (TPSA) is 92.1 Å². The number of fused-ring (bicyclic) bond motifs is 1. The van der Waals surface area contributed by atoms with Crippen molar-refractivity contribution in [2.45, 2.75) is 38.1 Å². The maximum Gasteiger partial charge on any atom is 0.336 e. The number of morpholine rings is 1. The van der Waals surface area contributed by atoms with Crippen LogP contribution in [0.3, 0.4) is 0 Å². The van der Waals surface area contributed by atoms with Gasteiger partial charge in [-0.1, -0.05) is 12.1 Å². The molecule has 5 rings (SSSR count). The molecule has 0 spiro atoms. The lowest BCUT2D eigenvalue weighted by Gasteiger charge is -2.27. The SMILES string of the molecule is Cc1ccc2c(CNc3cc(S(=O)(=O)N4CCOCC4)ccc3N3CCCC3)cc(=O)oc2c1C. The molecule has 0 aliphatic carbocycles. The van der Waals surface area contributed by atoms with Gasteiger partial charge in [-0.15, -0.1) is 0 Å². The van der Waals surface area contributed by atoms with Gasteiger partial charge in [0.25, 0.3) is 0 Å². The van der Waals surface area contributed by atoms with Crippen LogP contribution in [-0.4, -0.2) is 52.1 Å². The number of rotatable bonds is 6. The van der Waals surface area contributed by atoms with E-state index in [2.05, 4.69) is 10.2 Å². The Morgan fingerprint density at radius 2 is 1.71 bits per heavy atom. The van der Waals surface area contributed by atoms with Crippen molar-refractivity contribution in [2.75, 3.05) is 49.6 Å². The fourth-order valence-electron chi connectivity index (χ4n) is 4.85. The molecular weight excluding hydrogens is 466 g/mol. The van der Waals surface area contributed by atoms with Crippen molar-refractivity contribution in [2.24, 2.45) is 0 Å². The number of nitrogens with zero attached hydrogens (tertiary/aromatic N) is 2. The van der Waals surface area contributed by atoms with Crippen LogP contribution >= 0.6 is 0 Å². The van der Waals surface area contributed by atoms with Crippen LogP contribution in [0.25, 0.3) is 11.0 Å². The van der Waals surface area contributed by atoms with Gasteiger partial charge < -0.3 is 19.4 Å². The first-order chi connectivity index (χ1) is 16.8. The molecular formula is C26H31N3O5S. The summed E-state index contributed by atoms with van der Waals surface area (Å²) in [6.45, 7) is 7.67. The van der Waals surface area contributed by atoms with Crippen LogP contribution in [0.1, 0.15) is 29.5 Å². The van der Waals surface area contributed by atoms with Crippen LogP contribution in [0, 0.1) is 13.8 Å². The van der Waals surface area contributed by atoms with E-state index in [1.165, 1.54) is 10.4 Å². The van der Waals surface area contributed by atoms with Crippen LogP contribution in [0.15, 0.2) is 50.5 Å². The van der Waals surface area contributed by atoms with Crippen LogP contribution in [0.5, 0.6) is 0 Å². The fraction of sp³-hybridized carbons (Fsp3) is 0.423. The monoisotopic (exact) mass is 497 g/mol. The summed E-state index contributed by atoms with van der Waals surface area (Å²) in [6, 6.07) is 10.8. The Labute approximate surface area is 205 Å². The second-order valence-electron chi connectivity index (χ2n) is 9.22. The average molecular weight is 498 g/mol. The smallest absolute Gasteiger partial charge is 0.336 e. The van der Waals surface area contributed by atoms with Crippen molar-refractivity contribution in [3.8, 4) is 0 Å². The van der Waals surface area contributed by atoms with Crippen molar-refractivity contribution < 1.29 is 17.6 Å². The summed E-state index contributed by atoms with van der Waals surface area (Å²) in [6.07, 6.45) is 2.21. The van der Waals surface area contributed by atoms with Crippen molar-refractivity contribution in [1.82, 2.24) is 4.31 Å². The standard InChI is InChI=1S/C26H31N3O5S/c1-18-5-7-22-20(15-25(30)34-26(22)19(18)2)17-27-23-16-21(6-8-24(23)28-9-3-4-10-28)35(31,32)29-11-13-33-14-12-29/h5-8,15-16,27H,3-4,9-14,17H2,1-2H3. The van der Waals surface area contributed by atoms with E-state index in [1.54, 1.807) is 12.1 Å². The van der Waals surface area contributed by atoms with Crippen LogP contribution in [0.2, 0.25) is 0 Å². The third kappa shape index (κ3) is 4.68. The van der Waals surface area contributed by atoms with Crippen molar-refractivity contribution in [1.29, 1.82) is 0 Å². The highest BCUT2D eigenvalue weighted by Gasteiger charge is 2.28. The van der Waals surface area contributed by atoms with Gasteiger partial charge in [-0.3, -0.25) is 0 Å². The molecule has 186 valence electrons. The molecule has 35 heavy (non-hydrogen) atoms.